The number of aryl methyl sites for hydroxylation is 1. The normalized spacial score (nSPS) is 20.2. The van der Waals surface area contributed by atoms with E-state index in [0.29, 0.717) is 12.5 Å². The molecule has 0 radical (unpaired) electrons. The fourth-order valence-corrected chi connectivity index (χ4v) is 2.56. The van der Waals surface area contributed by atoms with Gasteiger partial charge in [-0.25, -0.2) is 4.98 Å². The summed E-state index contributed by atoms with van der Waals surface area (Å²) < 4.78 is 7.62. The van der Waals surface area contributed by atoms with Crippen LogP contribution in [0.4, 0.5) is 0 Å². The number of benzene rings is 1. The van der Waals surface area contributed by atoms with E-state index in [9.17, 15) is 0 Å². The highest BCUT2D eigenvalue weighted by molar-refractivity contribution is 5.79. The number of fused-ring (bicyclic) bond motifs is 1. The van der Waals surface area contributed by atoms with Gasteiger partial charge in [-0.15, -0.1) is 0 Å². The van der Waals surface area contributed by atoms with Crippen molar-refractivity contribution in [1.29, 1.82) is 0 Å². The summed E-state index contributed by atoms with van der Waals surface area (Å²) >= 11 is 0. The lowest BCUT2D eigenvalue weighted by Gasteiger charge is -2.07. The molecule has 0 spiro atoms. The van der Waals surface area contributed by atoms with E-state index in [-0.39, 0.29) is 0 Å². The summed E-state index contributed by atoms with van der Waals surface area (Å²) in [6.07, 6.45) is 1.06. The summed E-state index contributed by atoms with van der Waals surface area (Å²) in [4.78, 5) is 4.77. The van der Waals surface area contributed by atoms with Crippen molar-refractivity contribution in [3.05, 3.63) is 29.6 Å². The summed E-state index contributed by atoms with van der Waals surface area (Å²) in [5.41, 5.74) is 9.07. The molecule has 1 aliphatic heterocycles. The van der Waals surface area contributed by atoms with Gasteiger partial charge in [-0.1, -0.05) is 12.1 Å². The van der Waals surface area contributed by atoms with Crippen LogP contribution in [0.15, 0.2) is 18.2 Å². The monoisotopic (exact) mass is 231 g/mol. The lowest BCUT2D eigenvalue weighted by atomic mass is 10.1. The van der Waals surface area contributed by atoms with E-state index in [1.165, 1.54) is 0 Å². The maximum Gasteiger partial charge on any atom is 0.115 e. The van der Waals surface area contributed by atoms with Gasteiger partial charge < -0.3 is 15.0 Å². The third-order valence-corrected chi connectivity index (χ3v) is 3.54. The molecule has 0 bridgehead atoms. The molecule has 0 saturated carbocycles. The highest BCUT2D eigenvalue weighted by atomic mass is 16.5. The van der Waals surface area contributed by atoms with Gasteiger partial charge in [0.2, 0.25) is 0 Å². The molecule has 17 heavy (non-hydrogen) atoms. The summed E-state index contributed by atoms with van der Waals surface area (Å²) in [6, 6.07) is 6.19. The minimum atomic E-state index is 0.429. The van der Waals surface area contributed by atoms with E-state index in [0.717, 1.165) is 42.1 Å². The van der Waals surface area contributed by atoms with Crippen LogP contribution < -0.4 is 5.73 Å². The van der Waals surface area contributed by atoms with E-state index in [2.05, 4.69) is 17.7 Å². The first-order valence-electron chi connectivity index (χ1n) is 6.03. The van der Waals surface area contributed by atoms with Crippen molar-refractivity contribution < 1.29 is 4.74 Å². The maximum absolute atomic E-state index is 5.75. The Bertz CT molecular complexity index is 541. The number of aromatic nitrogens is 2. The number of hydrogen-bond acceptors (Lipinski definition) is 3. The molecule has 3 rings (SSSR count). The Labute approximate surface area is 100 Å². The second kappa shape index (κ2) is 4.13. The summed E-state index contributed by atoms with van der Waals surface area (Å²) in [5.74, 6) is 1.55. The van der Waals surface area contributed by atoms with Crippen LogP contribution in [0, 0.1) is 0 Å². The smallest absolute Gasteiger partial charge is 0.115 e. The average molecular weight is 231 g/mol. The molecular weight excluding hydrogens is 214 g/mol. The molecule has 2 heterocycles. The number of nitrogens with zero attached hydrogens (tertiary/aromatic N) is 2. The average Bonchev–Trinajstić information content (AvgIpc) is 2.97. The number of imidazole rings is 1. The third-order valence-electron chi connectivity index (χ3n) is 3.54. The molecule has 1 saturated heterocycles. The number of para-hydroxylation sites is 1. The first kappa shape index (κ1) is 10.7. The molecule has 2 aromatic rings. The van der Waals surface area contributed by atoms with Gasteiger partial charge in [0.1, 0.15) is 5.82 Å². The van der Waals surface area contributed by atoms with E-state index >= 15 is 0 Å². The molecule has 1 aromatic heterocycles. The zero-order valence-electron chi connectivity index (χ0n) is 10.0. The lowest BCUT2D eigenvalue weighted by Crippen LogP contribution is -2.05. The minimum Gasteiger partial charge on any atom is -0.381 e. The van der Waals surface area contributed by atoms with Crippen LogP contribution in [0.25, 0.3) is 11.0 Å². The largest absolute Gasteiger partial charge is 0.381 e. The highest BCUT2D eigenvalue weighted by Gasteiger charge is 2.23. The highest BCUT2D eigenvalue weighted by Crippen LogP contribution is 2.28. The molecule has 1 unspecified atom stereocenters. The number of rotatable bonds is 2. The fraction of sp³-hybridized carbons (Fsp3) is 0.462. The van der Waals surface area contributed by atoms with Crippen molar-refractivity contribution in [3.63, 3.8) is 0 Å². The van der Waals surface area contributed by atoms with Crippen LogP contribution >= 0.6 is 0 Å². The predicted octanol–water partition coefficient (Wildman–Crippen LogP) is 1.54. The van der Waals surface area contributed by atoms with Crippen molar-refractivity contribution in [2.75, 3.05) is 13.2 Å². The third kappa shape index (κ3) is 1.64. The maximum atomic E-state index is 5.75. The number of hydrogen-bond donors (Lipinski definition) is 1. The van der Waals surface area contributed by atoms with Crippen molar-refractivity contribution in [1.82, 2.24) is 9.55 Å². The Balaban J connectivity index is 2.16. The van der Waals surface area contributed by atoms with Gasteiger partial charge in [-0.05, 0) is 18.1 Å². The Hall–Kier alpha value is -1.39. The minimum absolute atomic E-state index is 0.429. The molecule has 0 aliphatic carbocycles. The molecular formula is C13H17N3O. The molecule has 2 N–H and O–H groups in total. The number of nitrogens with two attached hydrogens (primary N) is 1. The van der Waals surface area contributed by atoms with Crippen molar-refractivity contribution in [2.24, 2.45) is 12.8 Å². The summed E-state index contributed by atoms with van der Waals surface area (Å²) in [5, 5.41) is 0. The fourth-order valence-electron chi connectivity index (χ4n) is 2.56. The quantitative estimate of drug-likeness (QED) is 0.853. The molecule has 1 aliphatic rings. The molecule has 90 valence electrons. The van der Waals surface area contributed by atoms with Crippen LogP contribution in [0.1, 0.15) is 23.7 Å². The first-order chi connectivity index (χ1) is 8.31. The van der Waals surface area contributed by atoms with Gasteiger partial charge in [-0.3, -0.25) is 0 Å². The van der Waals surface area contributed by atoms with Gasteiger partial charge in [0.05, 0.1) is 17.6 Å². The first-order valence-corrected chi connectivity index (χ1v) is 6.03. The van der Waals surface area contributed by atoms with E-state index < -0.39 is 0 Å². The molecule has 1 fully saturated rings. The Morgan fingerprint density at radius 3 is 3.12 bits per heavy atom. The summed E-state index contributed by atoms with van der Waals surface area (Å²) in [7, 11) is 2.07. The van der Waals surface area contributed by atoms with Gasteiger partial charge in [0.25, 0.3) is 0 Å². The molecule has 1 atom stereocenters. The van der Waals surface area contributed by atoms with Crippen LogP contribution in [0.2, 0.25) is 0 Å². The number of ether oxygens (including phenoxy) is 1. The van der Waals surface area contributed by atoms with Gasteiger partial charge in [-0.2, -0.15) is 0 Å². The second-order valence-corrected chi connectivity index (χ2v) is 4.58. The Morgan fingerprint density at radius 1 is 1.53 bits per heavy atom. The topological polar surface area (TPSA) is 53.1 Å². The van der Waals surface area contributed by atoms with Crippen LogP contribution in [0.5, 0.6) is 0 Å². The van der Waals surface area contributed by atoms with E-state index in [1.54, 1.807) is 0 Å². The molecule has 0 amide bonds. The van der Waals surface area contributed by atoms with Gasteiger partial charge >= 0.3 is 0 Å². The van der Waals surface area contributed by atoms with E-state index in [1.807, 2.05) is 12.1 Å². The Morgan fingerprint density at radius 2 is 2.41 bits per heavy atom. The van der Waals surface area contributed by atoms with Gasteiger partial charge in [0, 0.05) is 26.1 Å². The van der Waals surface area contributed by atoms with Gasteiger partial charge in [0.15, 0.2) is 0 Å². The van der Waals surface area contributed by atoms with E-state index in [4.69, 9.17) is 15.5 Å². The predicted molar refractivity (Wildman–Crippen MR) is 66.8 cm³/mol. The van der Waals surface area contributed by atoms with Crippen molar-refractivity contribution in [2.45, 2.75) is 18.9 Å². The van der Waals surface area contributed by atoms with Crippen LogP contribution in [-0.2, 0) is 18.3 Å². The van der Waals surface area contributed by atoms with Crippen molar-refractivity contribution in [3.8, 4) is 0 Å². The van der Waals surface area contributed by atoms with Crippen LogP contribution in [0.3, 0.4) is 0 Å². The SMILES string of the molecule is Cn1c(C2CCOC2)nc2c(CN)cccc21. The zero-order chi connectivity index (χ0) is 11.8. The molecule has 4 heteroatoms. The molecule has 4 nitrogen and oxygen atoms in total. The summed E-state index contributed by atoms with van der Waals surface area (Å²) in [6.45, 7) is 2.17. The Kier molecular flexibility index (Phi) is 2.61. The van der Waals surface area contributed by atoms with Crippen molar-refractivity contribution >= 4 is 11.0 Å². The zero-order valence-corrected chi connectivity index (χ0v) is 10.0. The molecule has 1 aromatic carbocycles. The standard InChI is InChI=1S/C13H17N3O/c1-16-11-4-2-3-9(7-14)12(11)15-13(16)10-5-6-17-8-10/h2-4,10H,5-8,14H2,1H3. The second-order valence-electron chi connectivity index (χ2n) is 4.58. The lowest BCUT2D eigenvalue weighted by molar-refractivity contribution is 0.193. The van der Waals surface area contributed by atoms with Crippen LogP contribution in [-0.4, -0.2) is 22.8 Å².